The predicted octanol–water partition coefficient (Wildman–Crippen LogP) is 5.28. The van der Waals surface area contributed by atoms with Crippen molar-refractivity contribution < 1.29 is 24.2 Å². The van der Waals surface area contributed by atoms with Gasteiger partial charge in [0.2, 0.25) is 0 Å². The van der Waals surface area contributed by atoms with Gasteiger partial charge in [-0.25, -0.2) is 0 Å². The van der Waals surface area contributed by atoms with Crippen molar-refractivity contribution in [2.75, 3.05) is 13.7 Å². The largest absolute Gasteiger partial charge is 0.507 e. The molecule has 0 radical (unpaired) electrons. The van der Waals surface area contributed by atoms with Crippen LogP contribution in [0.5, 0.6) is 11.5 Å². The number of aliphatic hydroxyl groups is 1. The first-order valence-corrected chi connectivity index (χ1v) is 12.1. The summed E-state index contributed by atoms with van der Waals surface area (Å²) >= 11 is 0. The first-order valence-electron chi connectivity index (χ1n) is 12.1. The minimum absolute atomic E-state index is 0.0399. The van der Waals surface area contributed by atoms with Gasteiger partial charge >= 0.3 is 0 Å². The number of methoxy groups -OCH3 is 1. The molecule has 1 fully saturated rings. The molecule has 36 heavy (non-hydrogen) atoms. The quantitative estimate of drug-likeness (QED) is 0.182. The summed E-state index contributed by atoms with van der Waals surface area (Å²) in [4.78, 5) is 32.0. The van der Waals surface area contributed by atoms with E-state index < -0.39 is 17.7 Å². The van der Waals surface area contributed by atoms with Crippen LogP contribution in [0.25, 0.3) is 5.76 Å². The standard InChI is InChI=1S/C29H30N2O5/c1-3-4-5-17-36-24-14-10-21(11-15-24)27(32)25-26(22-7-6-16-30-18-22)31(29(34)28(25)33)19-20-8-12-23(35-2)13-9-20/h6-16,18,26,32H,3-5,17,19H2,1-2H3/b27-25-. The molecular weight excluding hydrogens is 456 g/mol. The van der Waals surface area contributed by atoms with Crippen LogP contribution in [0.2, 0.25) is 0 Å². The van der Waals surface area contributed by atoms with Crippen LogP contribution in [-0.2, 0) is 16.1 Å². The topological polar surface area (TPSA) is 89.0 Å². The number of ether oxygens (including phenoxy) is 2. The lowest BCUT2D eigenvalue weighted by Gasteiger charge is -2.25. The lowest BCUT2D eigenvalue weighted by molar-refractivity contribution is -0.140. The Bertz CT molecular complexity index is 1220. The second kappa shape index (κ2) is 11.5. The minimum Gasteiger partial charge on any atom is -0.507 e. The molecule has 1 amide bonds. The molecule has 0 bridgehead atoms. The van der Waals surface area contributed by atoms with E-state index in [9.17, 15) is 14.7 Å². The molecule has 2 heterocycles. The maximum Gasteiger partial charge on any atom is 0.295 e. The van der Waals surface area contributed by atoms with Crippen molar-refractivity contribution in [2.45, 2.75) is 38.8 Å². The van der Waals surface area contributed by atoms with Crippen molar-refractivity contribution in [3.8, 4) is 11.5 Å². The highest BCUT2D eigenvalue weighted by atomic mass is 16.5. The summed E-state index contributed by atoms with van der Waals surface area (Å²) < 4.78 is 11.0. The van der Waals surface area contributed by atoms with Gasteiger partial charge in [-0.2, -0.15) is 0 Å². The normalized spacial score (nSPS) is 16.8. The van der Waals surface area contributed by atoms with Crippen molar-refractivity contribution in [1.29, 1.82) is 0 Å². The predicted molar refractivity (Wildman–Crippen MR) is 137 cm³/mol. The van der Waals surface area contributed by atoms with E-state index in [0.717, 1.165) is 24.8 Å². The van der Waals surface area contributed by atoms with Crippen LogP contribution < -0.4 is 9.47 Å². The summed E-state index contributed by atoms with van der Waals surface area (Å²) in [5.74, 6) is -0.238. The fourth-order valence-corrected chi connectivity index (χ4v) is 4.26. The number of carbonyl (C=O) groups is 2. The van der Waals surface area contributed by atoms with E-state index in [1.165, 1.54) is 4.90 Å². The van der Waals surface area contributed by atoms with Gasteiger partial charge in [0.1, 0.15) is 17.3 Å². The van der Waals surface area contributed by atoms with Crippen molar-refractivity contribution in [1.82, 2.24) is 9.88 Å². The number of nitrogens with zero attached hydrogens (tertiary/aromatic N) is 2. The van der Waals surface area contributed by atoms with Crippen molar-refractivity contribution in [3.05, 3.63) is 95.3 Å². The van der Waals surface area contributed by atoms with Gasteiger partial charge in [0, 0.05) is 24.5 Å². The zero-order valence-corrected chi connectivity index (χ0v) is 20.5. The molecule has 7 heteroatoms. The number of rotatable bonds is 10. The number of ketones is 1. The number of likely N-dealkylation sites (tertiary alicyclic amines) is 1. The third kappa shape index (κ3) is 5.40. The van der Waals surface area contributed by atoms with Crippen LogP contribution in [0.3, 0.4) is 0 Å². The molecule has 2 aromatic carbocycles. The number of hydrogen-bond acceptors (Lipinski definition) is 6. The van der Waals surface area contributed by atoms with Gasteiger partial charge in [0.25, 0.3) is 11.7 Å². The molecule has 186 valence electrons. The number of unbranched alkanes of at least 4 members (excludes halogenated alkanes) is 2. The molecule has 3 aromatic rings. The van der Waals surface area contributed by atoms with E-state index >= 15 is 0 Å². The summed E-state index contributed by atoms with van der Waals surface area (Å²) in [5.41, 5.74) is 1.95. The third-order valence-corrected chi connectivity index (χ3v) is 6.20. The fourth-order valence-electron chi connectivity index (χ4n) is 4.26. The average Bonchev–Trinajstić information content (AvgIpc) is 3.17. The average molecular weight is 487 g/mol. The number of pyridine rings is 1. The third-order valence-electron chi connectivity index (χ3n) is 6.20. The summed E-state index contributed by atoms with van der Waals surface area (Å²) in [6.07, 6.45) is 6.42. The zero-order valence-electron chi connectivity index (χ0n) is 20.5. The summed E-state index contributed by atoms with van der Waals surface area (Å²) in [7, 11) is 1.58. The number of Topliss-reactive ketones (excluding diaryl/α,β-unsaturated/α-hetero) is 1. The van der Waals surface area contributed by atoms with E-state index in [-0.39, 0.29) is 17.9 Å². The first kappa shape index (κ1) is 25.0. The van der Waals surface area contributed by atoms with Gasteiger partial charge in [0.15, 0.2) is 0 Å². The molecule has 0 spiro atoms. The zero-order chi connectivity index (χ0) is 25.5. The lowest BCUT2D eigenvalue weighted by Crippen LogP contribution is -2.29. The second-order valence-electron chi connectivity index (χ2n) is 8.64. The number of aliphatic hydroxyl groups excluding tert-OH is 1. The number of amides is 1. The van der Waals surface area contributed by atoms with Crippen LogP contribution >= 0.6 is 0 Å². The molecule has 1 N–H and O–H groups in total. The molecule has 1 atom stereocenters. The Balaban J connectivity index is 1.67. The van der Waals surface area contributed by atoms with E-state index in [0.29, 0.717) is 29.2 Å². The van der Waals surface area contributed by atoms with Gasteiger partial charge in [0.05, 0.1) is 25.3 Å². The van der Waals surface area contributed by atoms with Gasteiger partial charge in [-0.05, 0) is 60.0 Å². The molecule has 0 aliphatic carbocycles. The van der Waals surface area contributed by atoms with Gasteiger partial charge in [-0.1, -0.05) is 38.0 Å². The highest BCUT2D eigenvalue weighted by Crippen LogP contribution is 2.40. The molecule has 0 saturated carbocycles. The molecule has 4 rings (SSSR count). The molecule has 7 nitrogen and oxygen atoms in total. The van der Waals surface area contributed by atoms with Crippen LogP contribution in [0.4, 0.5) is 0 Å². The van der Waals surface area contributed by atoms with E-state index in [4.69, 9.17) is 9.47 Å². The number of benzene rings is 2. The first-order chi connectivity index (χ1) is 17.5. The summed E-state index contributed by atoms with van der Waals surface area (Å²) in [6, 6.07) is 17.0. The fraction of sp³-hybridized carbons (Fsp3) is 0.276. The van der Waals surface area contributed by atoms with Crippen LogP contribution in [0.15, 0.2) is 78.6 Å². The smallest absolute Gasteiger partial charge is 0.295 e. The van der Waals surface area contributed by atoms with E-state index in [2.05, 4.69) is 11.9 Å². The Morgan fingerprint density at radius 3 is 2.36 bits per heavy atom. The van der Waals surface area contributed by atoms with Gasteiger partial charge in [-0.15, -0.1) is 0 Å². The highest BCUT2D eigenvalue weighted by molar-refractivity contribution is 6.46. The van der Waals surface area contributed by atoms with Crippen molar-refractivity contribution in [3.63, 3.8) is 0 Å². The van der Waals surface area contributed by atoms with Crippen molar-refractivity contribution >= 4 is 17.4 Å². The molecule has 1 aromatic heterocycles. The molecule has 1 saturated heterocycles. The number of carbonyl (C=O) groups excluding carboxylic acids is 2. The lowest BCUT2D eigenvalue weighted by atomic mass is 9.96. The van der Waals surface area contributed by atoms with E-state index in [1.807, 2.05) is 12.1 Å². The maximum absolute atomic E-state index is 13.2. The van der Waals surface area contributed by atoms with Crippen LogP contribution in [-0.4, -0.2) is 40.4 Å². The Morgan fingerprint density at radius 1 is 1.00 bits per heavy atom. The van der Waals surface area contributed by atoms with Crippen LogP contribution in [0.1, 0.15) is 48.9 Å². The molecular formula is C29H30N2O5. The SMILES string of the molecule is CCCCCOc1ccc(/C(O)=C2/C(=O)C(=O)N(Cc3ccc(OC)cc3)C2c2cccnc2)cc1. The Morgan fingerprint density at radius 2 is 1.72 bits per heavy atom. The van der Waals surface area contributed by atoms with Crippen LogP contribution in [0, 0.1) is 0 Å². The highest BCUT2D eigenvalue weighted by Gasteiger charge is 2.46. The Kier molecular flexibility index (Phi) is 8.00. The van der Waals surface area contributed by atoms with Gasteiger partial charge < -0.3 is 19.5 Å². The Labute approximate surface area is 211 Å². The molecule has 1 aliphatic rings. The number of hydrogen-bond donors (Lipinski definition) is 1. The second-order valence-corrected chi connectivity index (χ2v) is 8.64. The maximum atomic E-state index is 13.2. The van der Waals surface area contributed by atoms with E-state index in [1.54, 1.807) is 68.0 Å². The van der Waals surface area contributed by atoms with Gasteiger partial charge in [-0.3, -0.25) is 14.6 Å². The summed E-state index contributed by atoms with van der Waals surface area (Å²) in [6.45, 7) is 2.95. The molecule has 1 aliphatic heterocycles. The number of aromatic nitrogens is 1. The summed E-state index contributed by atoms with van der Waals surface area (Å²) in [5, 5.41) is 11.2. The molecule has 1 unspecified atom stereocenters. The monoisotopic (exact) mass is 486 g/mol. The Hall–Kier alpha value is -4.13. The van der Waals surface area contributed by atoms with Crippen molar-refractivity contribution in [2.24, 2.45) is 0 Å². The minimum atomic E-state index is -0.772.